The summed E-state index contributed by atoms with van der Waals surface area (Å²) in [5.74, 6) is 0.574. The second-order valence-electron chi connectivity index (χ2n) is 4.01. The van der Waals surface area contributed by atoms with Gasteiger partial charge in [0.1, 0.15) is 12.4 Å². The number of rotatable bonds is 4. The molecule has 0 saturated carbocycles. The van der Waals surface area contributed by atoms with Crippen LogP contribution in [-0.2, 0) is 13.7 Å². The maximum absolute atomic E-state index is 11.5. The second kappa shape index (κ2) is 5.35. The van der Waals surface area contributed by atoms with Crippen molar-refractivity contribution in [1.82, 2.24) is 9.78 Å². The molecule has 0 aliphatic carbocycles. The highest BCUT2D eigenvalue weighted by Gasteiger charge is 2.09. The van der Waals surface area contributed by atoms with Gasteiger partial charge in [0, 0.05) is 23.3 Å². The number of ketones is 1. The van der Waals surface area contributed by atoms with Gasteiger partial charge in [0.15, 0.2) is 5.78 Å². The lowest BCUT2D eigenvalue weighted by atomic mass is 10.1. The number of nitrogens with zero attached hydrogens (tertiary/aromatic N) is 2. The third-order valence-electron chi connectivity index (χ3n) is 2.48. The minimum absolute atomic E-state index is 0.0105. The Bertz CT molecular complexity index is 578. The van der Waals surface area contributed by atoms with Gasteiger partial charge in [-0.15, -0.1) is 0 Å². The summed E-state index contributed by atoms with van der Waals surface area (Å²) in [6.07, 6.45) is 3.62. The monoisotopic (exact) mass is 308 g/mol. The molecule has 0 aliphatic rings. The number of halogens is 1. The Morgan fingerprint density at radius 1 is 1.50 bits per heavy atom. The molecule has 2 rings (SSSR count). The molecule has 0 spiro atoms. The van der Waals surface area contributed by atoms with Crippen molar-refractivity contribution in [3.05, 3.63) is 46.2 Å². The molecular weight excluding hydrogens is 296 g/mol. The van der Waals surface area contributed by atoms with E-state index in [2.05, 4.69) is 21.0 Å². The minimum atomic E-state index is -0.0105. The number of carbonyl (C=O) groups is 1. The van der Waals surface area contributed by atoms with Crippen LogP contribution in [0, 0.1) is 0 Å². The maximum Gasteiger partial charge on any atom is 0.163 e. The summed E-state index contributed by atoms with van der Waals surface area (Å²) in [4.78, 5) is 11.5. The standard InChI is InChI=1S/C13H13BrN2O2/c1-9(17)12-4-3-11(14)5-13(12)18-8-10-6-15-16(2)7-10/h3-7H,8H2,1-2H3. The molecule has 0 amide bonds. The first-order valence-electron chi connectivity index (χ1n) is 5.47. The number of aryl methyl sites for hydroxylation is 1. The molecule has 0 bridgehead atoms. The van der Waals surface area contributed by atoms with E-state index >= 15 is 0 Å². The lowest BCUT2D eigenvalue weighted by molar-refractivity contribution is 0.101. The van der Waals surface area contributed by atoms with Crippen molar-refractivity contribution >= 4 is 21.7 Å². The minimum Gasteiger partial charge on any atom is -0.488 e. The van der Waals surface area contributed by atoms with E-state index in [0.29, 0.717) is 17.9 Å². The molecule has 0 unspecified atom stereocenters. The fourth-order valence-corrected chi connectivity index (χ4v) is 1.95. The second-order valence-corrected chi connectivity index (χ2v) is 4.92. The lowest BCUT2D eigenvalue weighted by Gasteiger charge is -2.09. The molecule has 0 N–H and O–H groups in total. The Hall–Kier alpha value is -1.62. The number of ether oxygens (including phenoxy) is 1. The summed E-state index contributed by atoms with van der Waals surface area (Å²) in [5, 5.41) is 4.06. The molecule has 18 heavy (non-hydrogen) atoms. The van der Waals surface area contributed by atoms with E-state index in [1.807, 2.05) is 19.3 Å². The molecule has 1 aromatic heterocycles. The molecular formula is C13H13BrN2O2. The van der Waals surface area contributed by atoms with Crippen molar-refractivity contribution in [3.8, 4) is 5.75 Å². The van der Waals surface area contributed by atoms with Crippen molar-refractivity contribution in [2.75, 3.05) is 0 Å². The third kappa shape index (κ3) is 2.98. The van der Waals surface area contributed by atoms with Crippen LogP contribution in [0.15, 0.2) is 35.1 Å². The van der Waals surface area contributed by atoms with Crippen molar-refractivity contribution in [1.29, 1.82) is 0 Å². The molecule has 94 valence electrons. The van der Waals surface area contributed by atoms with E-state index in [1.165, 1.54) is 6.92 Å². The van der Waals surface area contributed by atoms with E-state index in [4.69, 9.17) is 4.74 Å². The molecule has 0 fully saturated rings. The van der Waals surface area contributed by atoms with Crippen LogP contribution in [0.1, 0.15) is 22.8 Å². The zero-order valence-electron chi connectivity index (χ0n) is 10.2. The number of carbonyl (C=O) groups excluding carboxylic acids is 1. The van der Waals surface area contributed by atoms with Crippen LogP contribution in [0.4, 0.5) is 0 Å². The Balaban J connectivity index is 2.17. The van der Waals surface area contributed by atoms with Gasteiger partial charge in [-0.1, -0.05) is 15.9 Å². The van der Waals surface area contributed by atoms with Crippen LogP contribution >= 0.6 is 15.9 Å². The highest BCUT2D eigenvalue weighted by molar-refractivity contribution is 9.10. The van der Waals surface area contributed by atoms with Gasteiger partial charge < -0.3 is 4.74 Å². The fraction of sp³-hybridized carbons (Fsp3) is 0.231. The topological polar surface area (TPSA) is 44.1 Å². The molecule has 0 radical (unpaired) electrons. The molecule has 1 aromatic carbocycles. The van der Waals surface area contributed by atoms with Crippen LogP contribution in [0.3, 0.4) is 0 Å². The highest BCUT2D eigenvalue weighted by Crippen LogP contribution is 2.25. The average Bonchev–Trinajstić information content (AvgIpc) is 2.72. The van der Waals surface area contributed by atoms with E-state index in [0.717, 1.165) is 10.0 Å². The molecule has 4 nitrogen and oxygen atoms in total. The van der Waals surface area contributed by atoms with Crippen molar-refractivity contribution in [3.63, 3.8) is 0 Å². The van der Waals surface area contributed by atoms with Crippen molar-refractivity contribution < 1.29 is 9.53 Å². The quantitative estimate of drug-likeness (QED) is 0.816. The molecule has 5 heteroatoms. The highest BCUT2D eigenvalue weighted by atomic mass is 79.9. The van der Waals surface area contributed by atoms with Crippen LogP contribution < -0.4 is 4.74 Å². The SMILES string of the molecule is CC(=O)c1ccc(Br)cc1OCc1cnn(C)c1. The summed E-state index contributed by atoms with van der Waals surface area (Å²) < 4.78 is 8.27. The first kappa shape index (κ1) is 12.8. The zero-order chi connectivity index (χ0) is 13.1. The smallest absolute Gasteiger partial charge is 0.163 e. The summed E-state index contributed by atoms with van der Waals surface area (Å²) in [6, 6.07) is 5.38. The average molecular weight is 309 g/mol. The van der Waals surface area contributed by atoms with Crippen LogP contribution in [0.5, 0.6) is 5.75 Å². The van der Waals surface area contributed by atoms with E-state index in [-0.39, 0.29) is 5.78 Å². The Morgan fingerprint density at radius 2 is 2.28 bits per heavy atom. The van der Waals surface area contributed by atoms with Gasteiger partial charge in [-0.3, -0.25) is 9.48 Å². The van der Waals surface area contributed by atoms with Gasteiger partial charge >= 0.3 is 0 Å². The zero-order valence-corrected chi connectivity index (χ0v) is 11.8. The van der Waals surface area contributed by atoms with Crippen LogP contribution in [-0.4, -0.2) is 15.6 Å². The Kier molecular flexibility index (Phi) is 3.81. The summed E-state index contributed by atoms with van der Waals surface area (Å²) >= 11 is 3.37. The Labute approximate surface area is 114 Å². The third-order valence-corrected chi connectivity index (χ3v) is 2.97. The normalized spacial score (nSPS) is 10.4. The van der Waals surface area contributed by atoms with E-state index in [9.17, 15) is 4.79 Å². The Morgan fingerprint density at radius 3 is 2.89 bits per heavy atom. The molecule has 0 aliphatic heterocycles. The van der Waals surface area contributed by atoms with Crippen molar-refractivity contribution in [2.45, 2.75) is 13.5 Å². The fourth-order valence-electron chi connectivity index (χ4n) is 1.61. The van der Waals surface area contributed by atoms with E-state index < -0.39 is 0 Å². The molecule has 2 aromatic rings. The predicted octanol–water partition coefficient (Wildman–Crippen LogP) is 2.96. The summed E-state index contributed by atoms with van der Waals surface area (Å²) in [7, 11) is 1.85. The first-order chi connectivity index (χ1) is 8.56. The number of benzene rings is 1. The summed E-state index contributed by atoms with van der Waals surface area (Å²) in [5.41, 5.74) is 1.55. The first-order valence-corrected chi connectivity index (χ1v) is 6.26. The molecule has 0 saturated heterocycles. The van der Waals surface area contributed by atoms with Gasteiger partial charge in [-0.05, 0) is 25.1 Å². The van der Waals surface area contributed by atoms with Gasteiger partial charge in [0.05, 0.1) is 11.8 Å². The maximum atomic E-state index is 11.5. The molecule has 1 heterocycles. The number of hydrogen-bond donors (Lipinski definition) is 0. The van der Waals surface area contributed by atoms with Gasteiger partial charge in [-0.2, -0.15) is 5.10 Å². The van der Waals surface area contributed by atoms with Crippen LogP contribution in [0.25, 0.3) is 0 Å². The number of aromatic nitrogens is 2. The number of hydrogen-bond acceptors (Lipinski definition) is 3. The van der Waals surface area contributed by atoms with Gasteiger partial charge in [-0.25, -0.2) is 0 Å². The predicted molar refractivity (Wildman–Crippen MR) is 71.7 cm³/mol. The van der Waals surface area contributed by atoms with Gasteiger partial charge in [0.25, 0.3) is 0 Å². The molecule has 0 atom stereocenters. The van der Waals surface area contributed by atoms with Crippen molar-refractivity contribution in [2.24, 2.45) is 7.05 Å². The van der Waals surface area contributed by atoms with E-state index in [1.54, 1.807) is 23.0 Å². The lowest BCUT2D eigenvalue weighted by Crippen LogP contribution is -2.01. The summed E-state index contributed by atoms with van der Waals surface area (Å²) in [6.45, 7) is 1.92. The van der Waals surface area contributed by atoms with Crippen LogP contribution in [0.2, 0.25) is 0 Å². The van der Waals surface area contributed by atoms with Gasteiger partial charge in [0.2, 0.25) is 0 Å². The largest absolute Gasteiger partial charge is 0.488 e. The number of Topliss-reactive ketones (excluding diaryl/α,β-unsaturated/α-hetero) is 1.